The molecule has 2 aromatic heterocycles. The molecule has 2 aromatic rings. The zero-order valence-corrected chi connectivity index (χ0v) is 15.9. The summed E-state index contributed by atoms with van der Waals surface area (Å²) in [6.45, 7) is 3.40. The minimum Gasteiger partial charge on any atom is -0.337 e. The first kappa shape index (κ1) is 18.1. The predicted molar refractivity (Wildman–Crippen MR) is 99.6 cm³/mol. The maximum absolute atomic E-state index is 13.0. The van der Waals surface area contributed by atoms with Crippen LogP contribution in [0.1, 0.15) is 25.2 Å². The van der Waals surface area contributed by atoms with Crippen LogP contribution in [-0.4, -0.2) is 70.6 Å². The molecule has 2 fully saturated rings. The Hall–Kier alpha value is -2.32. The van der Waals surface area contributed by atoms with Crippen molar-refractivity contribution in [1.82, 2.24) is 30.2 Å². The molecular formula is C19H26N6O2. The molecule has 4 heterocycles. The Morgan fingerprint density at radius 1 is 1.37 bits per heavy atom. The minimum atomic E-state index is -0.0734. The maximum Gasteiger partial charge on any atom is 0.246 e. The van der Waals surface area contributed by atoms with Gasteiger partial charge in [0.05, 0.1) is 12.6 Å². The molecule has 1 spiro atoms. The fraction of sp³-hybridized carbons (Fsp3) is 0.579. The van der Waals surface area contributed by atoms with Gasteiger partial charge in [-0.1, -0.05) is 5.16 Å². The van der Waals surface area contributed by atoms with E-state index in [9.17, 15) is 4.79 Å². The molecule has 4 rings (SSSR count). The van der Waals surface area contributed by atoms with Crippen LogP contribution in [0.25, 0.3) is 11.4 Å². The second kappa shape index (κ2) is 7.36. The molecule has 1 amide bonds. The predicted octanol–water partition coefficient (Wildman–Crippen LogP) is 1.16. The quantitative estimate of drug-likeness (QED) is 0.864. The zero-order valence-electron chi connectivity index (χ0n) is 15.9. The van der Waals surface area contributed by atoms with Gasteiger partial charge in [0.1, 0.15) is 0 Å². The molecule has 0 bridgehead atoms. The summed E-state index contributed by atoms with van der Waals surface area (Å²) in [7, 11) is 3.86. The Labute approximate surface area is 158 Å². The second-order valence-corrected chi connectivity index (χ2v) is 7.83. The monoisotopic (exact) mass is 370 g/mol. The number of pyridine rings is 1. The standard InChI is InChI=1S/C19H26N6O2/c1-24(12-16-22-17(23-27-16)14-3-7-20-8-4-14)18(26)15-11-19(13-25(15)2)5-9-21-10-6-19/h3-4,7-8,15,21H,5-6,9-13H2,1-2H3/t15-/m1/s1. The normalized spacial score (nSPS) is 22.2. The molecule has 2 saturated heterocycles. The van der Waals surface area contributed by atoms with Crippen LogP contribution < -0.4 is 5.32 Å². The second-order valence-electron chi connectivity index (χ2n) is 7.83. The highest BCUT2D eigenvalue weighted by Gasteiger charge is 2.46. The third-order valence-corrected chi connectivity index (χ3v) is 5.85. The van der Waals surface area contributed by atoms with Crippen LogP contribution in [0.15, 0.2) is 29.0 Å². The van der Waals surface area contributed by atoms with E-state index < -0.39 is 0 Å². The number of hydrogen-bond acceptors (Lipinski definition) is 7. The SMILES string of the molecule is CN(Cc1nc(-c2ccncc2)no1)C(=O)[C@H]1CC2(CCNCC2)CN1C. The van der Waals surface area contributed by atoms with Crippen molar-refractivity contribution in [2.45, 2.75) is 31.8 Å². The van der Waals surface area contributed by atoms with Crippen LogP contribution in [0.2, 0.25) is 0 Å². The van der Waals surface area contributed by atoms with Crippen molar-refractivity contribution in [3.8, 4) is 11.4 Å². The number of nitrogens with zero attached hydrogens (tertiary/aromatic N) is 5. The van der Waals surface area contributed by atoms with Gasteiger partial charge >= 0.3 is 0 Å². The van der Waals surface area contributed by atoms with Crippen molar-refractivity contribution >= 4 is 5.91 Å². The molecule has 0 radical (unpaired) electrons. The lowest BCUT2D eigenvalue weighted by Gasteiger charge is -2.33. The number of rotatable bonds is 4. The Balaban J connectivity index is 1.40. The van der Waals surface area contributed by atoms with Gasteiger partial charge < -0.3 is 14.7 Å². The maximum atomic E-state index is 13.0. The molecule has 0 unspecified atom stereocenters. The van der Waals surface area contributed by atoms with E-state index in [-0.39, 0.29) is 17.4 Å². The summed E-state index contributed by atoms with van der Waals surface area (Å²) in [5.74, 6) is 1.08. The molecule has 144 valence electrons. The molecule has 1 atom stereocenters. The summed E-state index contributed by atoms with van der Waals surface area (Å²) in [6.07, 6.45) is 6.59. The first-order valence-electron chi connectivity index (χ1n) is 9.45. The van der Waals surface area contributed by atoms with E-state index in [1.807, 2.05) is 12.1 Å². The van der Waals surface area contributed by atoms with E-state index in [4.69, 9.17) is 4.52 Å². The lowest BCUT2D eigenvalue weighted by molar-refractivity contribution is -0.135. The van der Waals surface area contributed by atoms with E-state index in [1.165, 1.54) is 0 Å². The zero-order chi connectivity index (χ0) is 18.9. The molecule has 8 nitrogen and oxygen atoms in total. The summed E-state index contributed by atoms with van der Waals surface area (Å²) >= 11 is 0. The Morgan fingerprint density at radius 2 is 2.11 bits per heavy atom. The Bertz CT molecular complexity index is 787. The number of nitrogens with one attached hydrogen (secondary N) is 1. The van der Waals surface area contributed by atoms with E-state index in [0.29, 0.717) is 18.3 Å². The van der Waals surface area contributed by atoms with Crippen LogP contribution in [0, 0.1) is 5.41 Å². The fourth-order valence-electron chi connectivity index (χ4n) is 4.34. The van der Waals surface area contributed by atoms with Crippen LogP contribution in [0.4, 0.5) is 0 Å². The topological polar surface area (TPSA) is 87.4 Å². The van der Waals surface area contributed by atoms with Crippen LogP contribution in [0.3, 0.4) is 0 Å². The lowest BCUT2D eigenvalue weighted by Crippen LogP contribution is -2.42. The highest BCUT2D eigenvalue weighted by Crippen LogP contribution is 2.41. The molecular weight excluding hydrogens is 344 g/mol. The summed E-state index contributed by atoms with van der Waals surface area (Å²) in [5.41, 5.74) is 1.12. The average Bonchev–Trinajstić information content (AvgIpc) is 3.27. The van der Waals surface area contributed by atoms with Gasteiger partial charge in [-0.2, -0.15) is 4.98 Å². The number of carbonyl (C=O) groups excluding carboxylic acids is 1. The van der Waals surface area contributed by atoms with E-state index in [2.05, 4.69) is 32.4 Å². The van der Waals surface area contributed by atoms with Gasteiger partial charge in [0.15, 0.2) is 0 Å². The van der Waals surface area contributed by atoms with Gasteiger partial charge in [0, 0.05) is 31.5 Å². The molecule has 2 aliphatic rings. The lowest BCUT2D eigenvalue weighted by atomic mass is 9.77. The highest BCUT2D eigenvalue weighted by atomic mass is 16.5. The number of carbonyl (C=O) groups is 1. The fourth-order valence-corrected chi connectivity index (χ4v) is 4.34. The summed E-state index contributed by atoms with van der Waals surface area (Å²) < 4.78 is 5.34. The Morgan fingerprint density at radius 3 is 2.85 bits per heavy atom. The van der Waals surface area contributed by atoms with Gasteiger partial charge in [-0.3, -0.25) is 14.7 Å². The third-order valence-electron chi connectivity index (χ3n) is 5.85. The summed E-state index contributed by atoms with van der Waals surface area (Å²) in [6, 6.07) is 3.58. The van der Waals surface area contributed by atoms with E-state index in [0.717, 1.165) is 44.5 Å². The first-order valence-corrected chi connectivity index (χ1v) is 9.45. The van der Waals surface area contributed by atoms with Gasteiger partial charge in [-0.05, 0) is 56.9 Å². The third kappa shape index (κ3) is 3.72. The molecule has 27 heavy (non-hydrogen) atoms. The highest BCUT2D eigenvalue weighted by molar-refractivity contribution is 5.82. The Kier molecular flexibility index (Phi) is 4.92. The van der Waals surface area contributed by atoms with Crippen molar-refractivity contribution < 1.29 is 9.32 Å². The average molecular weight is 370 g/mol. The van der Waals surface area contributed by atoms with Crippen molar-refractivity contribution in [3.63, 3.8) is 0 Å². The van der Waals surface area contributed by atoms with Crippen molar-refractivity contribution in [2.24, 2.45) is 5.41 Å². The van der Waals surface area contributed by atoms with Crippen LogP contribution in [-0.2, 0) is 11.3 Å². The van der Waals surface area contributed by atoms with Crippen molar-refractivity contribution in [1.29, 1.82) is 0 Å². The van der Waals surface area contributed by atoms with Crippen molar-refractivity contribution in [2.75, 3.05) is 33.7 Å². The number of amides is 1. The molecule has 2 aliphatic heterocycles. The number of aromatic nitrogens is 3. The molecule has 0 aliphatic carbocycles. The van der Waals surface area contributed by atoms with Gasteiger partial charge in [0.2, 0.25) is 17.6 Å². The van der Waals surface area contributed by atoms with Crippen LogP contribution >= 0.6 is 0 Å². The van der Waals surface area contributed by atoms with Gasteiger partial charge in [-0.25, -0.2) is 0 Å². The van der Waals surface area contributed by atoms with E-state index in [1.54, 1.807) is 24.3 Å². The number of hydrogen-bond donors (Lipinski definition) is 1. The van der Waals surface area contributed by atoms with Crippen molar-refractivity contribution in [3.05, 3.63) is 30.4 Å². The number of likely N-dealkylation sites (N-methyl/N-ethyl adjacent to an activating group) is 2. The van der Waals surface area contributed by atoms with E-state index >= 15 is 0 Å². The summed E-state index contributed by atoms with van der Waals surface area (Å²) in [4.78, 5) is 25.3. The smallest absolute Gasteiger partial charge is 0.246 e. The largest absolute Gasteiger partial charge is 0.337 e. The molecule has 8 heteroatoms. The molecule has 0 saturated carbocycles. The minimum absolute atomic E-state index is 0.0734. The number of piperidine rings is 1. The number of likely N-dealkylation sites (tertiary alicyclic amines) is 1. The van der Waals surface area contributed by atoms with Crippen LogP contribution in [0.5, 0.6) is 0 Å². The first-order chi connectivity index (χ1) is 13.1. The van der Waals surface area contributed by atoms with Gasteiger partial charge in [-0.15, -0.1) is 0 Å². The summed E-state index contributed by atoms with van der Waals surface area (Å²) in [5, 5.41) is 7.43. The van der Waals surface area contributed by atoms with Gasteiger partial charge in [0.25, 0.3) is 0 Å². The molecule has 1 N–H and O–H groups in total. The molecule has 0 aromatic carbocycles.